The molecule has 0 spiro atoms. The molecule has 2 unspecified atom stereocenters. The van der Waals surface area contributed by atoms with Crippen LogP contribution in [0, 0.1) is 10.1 Å². The van der Waals surface area contributed by atoms with Crippen molar-refractivity contribution in [3.05, 3.63) is 33.9 Å². The Balaban J connectivity index is 2.57. The SMILES string of the molecule is CC1CC(C(=O)O)(c2cc([N+](=O)[O-])ccc2N)CCO1. The molecule has 2 atom stereocenters. The summed E-state index contributed by atoms with van der Waals surface area (Å²) in [7, 11) is 0. The number of aliphatic carboxylic acids is 1. The minimum Gasteiger partial charge on any atom is -0.481 e. The fourth-order valence-electron chi connectivity index (χ4n) is 2.71. The van der Waals surface area contributed by atoms with E-state index in [4.69, 9.17) is 10.5 Å². The summed E-state index contributed by atoms with van der Waals surface area (Å²) in [5.41, 5.74) is 5.03. The molecule has 1 aliphatic heterocycles. The Hall–Kier alpha value is -2.15. The summed E-state index contributed by atoms with van der Waals surface area (Å²) in [4.78, 5) is 22.1. The highest BCUT2D eigenvalue weighted by molar-refractivity contribution is 5.84. The second-order valence-corrected chi connectivity index (χ2v) is 5.05. The molecule has 1 aromatic carbocycles. The minimum absolute atomic E-state index is 0.158. The number of anilines is 1. The summed E-state index contributed by atoms with van der Waals surface area (Å²) in [5.74, 6) is -1.03. The number of carboxylic acid groups (broad SMARTS) is 1. The maximum Gasteiger partial charge on any atom is 0.314 e. The lowest BCUT2D eigenvalue weighted by molar-refractivity contribution is -0.384. The van der Waals surface area contributed by atoms with Gasteiger partial charge in [-0.1, -0.05) is 0 Å². The fourth-order valence-corrected chi connectivity index (χ4v) is 2.71. The molecule has 0 bridgehead atoms. The molecule has 0 radical (unpaired) electrons. The number of non-ortho nitro benzene ring substituents is 1. The van der Waals surface area contributed by atoms with Gasteiger partial charge in [0.15, 0.2) is 0 Å². The van der Waals surface area contributed by atoms with Crippen LogP contribution in [0.5, 0.6) is 0 Å². The van der Waals surface area contributed by atoms with Gasteiger partial charge in [0.05, 0.1) is 16.4 Å². The molecule has 1 fully saturated rings. The molecule has 1 aromatic rings. The number of hydrogen-bond acceptors (Lipinski definition) is 5. The first-order valence-electron chi connectivity index (χ1n) is 6.26. The van der Waals surface area contributed by atoms with Crippen LogP contribution in [0.2, 0.25) is 0 Å². The van der Waals surface area contributed by atoms with Crippen LogP contribution >= 0.6 is 0 Å². The molecule has 108 valence electrons. The molecule has 2 rings (SSSR count). The molecule has 1 saturated heterocycles. The van der Waals surface area contributed by atoms with Crippen molar-refractivity contribution >= 4 is 17.3 Å². The predicted molar refractivity (Wildman–Crippen MR) is 71.5 cm³/mol. The molecule has 7 heteroatoms. The van der Waals surface area contributed by atoms with Crippen molar-refractivity contribution in [1.29, 1.82) is 0 Å². The summed E-state index contributed by atoms with van der Waals surface area (Å²) in [6.07, 6.45) is 0.254. The highest BCUT2D eigenvalue weighted by Crippen LogP contribution is 2.41. The number of nitro benzene ring substituents is 1. The molecule has 0 saturated carbocycles. The lowest BCUT2D eigenvalue weighted by Gasteiger charge is -2.37. The molecular formula is C13H16N2O5. The Morgan fingerprint density at radius 1 is 1.60 bits per heavy atom. The van der Waals surface area contributed by atoms with E-state index in [2.05, 4.69) is 0 Å². The van der Waals surface area contributed by atoms with Gasteiger partial charge in [0, 0.05) is 24.4 Å². The number of nitrogens with zero attached hydrogens (tertiary/aromatic N) is 1. The van der Waals surface area contributed by atoms with Crippen LogP contribution in [0.3, 0.4) is 0 Å². The number of nitrogen functional groups attached to an aromatic ring is 1. The van der Waals surface area contributed by atoms with E-state index in [1.54, 1.807) is 6.92 Å². The van der Waals surface area contributed by atoms with Crippen molar-refractivity contribution < 1.29 is 19.6 Å². The Morgan fingerprint density at radius 3 is 2.85 bits per heavy atom. The van der Waals surface area contributed by atoms with Gasteiger partial charge in [0.2, 0.25) is 0 Å². The third-order valence-corrected chi connectivity index (χ3v) is 3.74. The zero-order chi connectivity index (χ0) is 14.9. The third kappa shape index (κ3) is 2.32. The first-order chi connectivity index (χ1) is 9.36. The molecule has 7 nitrogen and oxygen atoms in total. The fraction of sp³-hybridized carbons (Fsp3) is 0.462. The van der Waals surface area contributed by atoms with Crippen molar-refractivity contribution in [2.45, 2.75) is 31.3 Å². The van der Waals surface area contributed by atoms with Gasteiger partial charge in [-0.05, 0) is 31.4 Å². The van der Waals surface area contributed by atoms with Crippen LogP contribution in [0.1, 0.15) is 25.3 Å². The van der Waals surface area contributed by atoms with Gasteiger partial charge in [0.1, 0.15) is 0 Å². The van der Waals surface area contributed by atoms with Crippen molar-refractivity contribution in [2.75, 3.05) is 12.3 Å². The number of carboxylic acids is 1. The standard InChI is InChI=1S/C13H16N2O5/c1-8-7-13(12(16)17,4-5-20-8)10-6-9(15(18)19)2-3-11(10)14/h2-3,6,8H,4-5,7,14H2,1H3,(H,16,17). The summed E-state index contributed by atoms with van der Waals surface area (Å²) >= 11 is 0. The van der Waals surface area contributed by atoms with Crippen molar-refractivity contribution in [1.82, 2.24) is 0 Å². The normalized spacial score (nSPS) is 26.1. The number of nitro groups is 1. The van der Waals surface area contributed by atoms with Crippen molar-refractivity contribution in [3.8, 4) is 0 Å². The summed E-state index contributed by atoms with van der Waals surface area (Å²) in [6, 6.07) is 3.93. The second-order valence-electron chi connectivity index (χ2n) is 5.05. The van der Waals surface area contributed by atoms with E-state index in [9.17, 15) is 20.0 Å². The van der Waals surface area contributed by atoms with Gasteiger partial charge < -0.3 is 15.6 Å². The van der Waals surface area contributed by atoms with Gasteiger partial charge in [0.25, 0.3) is 5.69 Å². The first-order valence-corrected chi connectivity index (χ1v) is 6.26. The van der Waals surface area contributed by atoms with Crippen LogP contribution < -0.4 is 5.73 Å². The number of hydrogen-bond donors (Lipinski definition) is 2. The van der Waals surface area contributed by atoms with E-state index in [0.29, 0.717) is 5.56 Å². The van der Waals surface area contributed by atoms with Gasteiger partial charge >= 0.3 is 5.97 Å². The molecule has 1 heterocycles. The van der Waals surface area contributed by atoms with Crippen LogP contribution in [-0.4, -0.2) is 28.7 Å². The van der Waals surface area contributed by atoms with E-state index in [1.807, 2.05) is 0 Å². The van der Waals surface area contributed by atoms with E-state index < -0.39 is 16.3 Å². The van der Waals surface area contributed by atoms with Crippen LogP contribution in [0.25, 0.3) is 0 Å². The number of nitrogens with two attached hydrogens (primary N) is 1. The van der Waals surface area contributed by atoms with Gasteiger partial charge in [-0.3, -0.25) is 14.9 Å². The minimum atomic E-state index is -1.23. The molecule has 0 aliphatic carbocycles. The Morgan fingerprint density at radius 2 is 2.30 bits per heavy atom. The molecule has 0 aromatic heterocycles. The average molecular weight is 280 g/mol. The van der Waals surface area contributed by atoms with Gasteiger partial charge in [-0.25, -0.2) is 0 Å². The summed E-state index contributed by atoms with van der Waals surface area (Å²) in [6.45, 7) is 2.07. The average Bonchev–Trinajstić information content (AvgIpc) is 2.38. The number of carbonyl (C=O) groups is 1. The Kier molecular flexibility index (Phi) is 3.63. The van der Waals surface area contributed by atoms with Gasteiger partial charge in [-0.2, -0.15) is 0 Å². The van der Waals surface area contributed by atoms with E-state index in [0.717, 1.165) is 0 Å². The topological polar surface area (TPSA) is 116 Å². The molecular weight excluding hydrogens is 264 g/mol. The highest BCUT2D eigenvalue weighted by Gasteiger charge is 2.45. The molecule has 20 heavy (non-hydrogen) atoms. The van der Waals surface area contributed by atoms with E-state index in [-0.39, 0.29) is 36.9 Å². The van der Waals surface area contributed by atoms with E-state index >= 15 is 0 Å². The maximum atomic E-state index is 11.8. The molecule has 3 N–H and O–H groups in total. The largest absolute Gasteiger partial charge is 0.481 e. The number of ether oxygens (including phenoxy) is 1. The Labute approximate surface area is 115 Å². The number of rotatable bonds is 3. The van der Waals surface area contributed by atoms with Crippen LogP contribution in [0.15, 0.2) is 18.2 Å². The summed E-state index contributed by atoms with van der Waals surface area (Å²) < 4.78 is 5.38. The smallest absolute Gasteiger partial charge is 0.314 e. The Bertz CT molecular complexity index is 560. The summed E-state index contributed by atoms with van der Waals surface area (Å²) in [5, 5.41) is 20.5. The quantitative estimate of drug-likeness (QED) is 0.494. The third-order valence-electron chi connectivity index (χ3n) is 3.74. The predicted octanol–water partition coefficient (Wildman–Crippen LogP) is 1.70. The maximum absolute atomic E-state index is 11.8. The van der Waals surface area contributed by atoms with Crippen LogP contribution in [-0.2, 0) is 14.9 Å². The van der Waals surface area contributed by atoms with Crippen LogP contribution in [0.4, 0.5) is 11.4 Å². The zero-order valence-electron chi connectivity index (χ0n) is 11.0. The lowest BCUT2D eigenvalue weighted by atomic mass is 9.71. The molecule has 0 amide bonds. The van der Waals surface area contributed by atoms with Gasteiger partial charge in [-0.15, -0.1) is 0 Å². The number of benzene rings is 1. The van der Waals surface area contributed by atoms with E-state index in [1.165, 1.54) is 18.2 Å². The zero-order valence-corrected chi connectivity index (χ0v) is 11.0. The lowest BCUT2D eigenvalue weighted by Crippen LogP contribution is -2.44. The second kappa shape index (κ2) is 5.09. The molecule has 1 aliphatic rings. The van der Waals surface area contributed by atoms with Crippen molar-refractivity contribution in [2.24, 2.45) is 0 Å². The monoisotopic (exact) mass is 280 g/mol. The highest BCUT2D eigenvalue weighted by atomic mass is 16.6. The first kappa shape index (κ1) is 14.3. The van der Waals surface area contributed by atoms with Crippen molar-refractivity contribution in [3.63, 3.8) is 0 Å².